The number of rotatable bonds is 6. The van der Waals surface area contributed by atoms with E-state index in [2.05, 4.69) is 0 Å². The van der Waals surface area contributed by atoms with Gasteiger partial charge in [0.2, 0.25) is 5.91 Å². The summed E-state index contributed by atoms with van der Waals surface area (Å²) in [6, 6.07) is 5.33. The summed E-state index contributed by atoms with van der Waals surface area (Å²) in [6.07, 6.45) is 6.82. The molecule has 1 aromatic carbocycles. The van der Waals surface area contributed by atoms with Gasteiger partial charge in [0.1, 0.15) is 17.1 Å². The van der Waals surface area contributed by atoms with Crippen LogP contribution in [0.15, 0.2) is 18.2 Å². The first-order valence-corrected chi connectivity index (χ1v) is 9.92. The Balaban J connectivity index is 1.56. The van der Waals surface area contributed by atoms with Gasteiger partial charge in [-0.1, -0.05) is 31.7 Å². The number of carbonyl (C=O) groups excluding carboxylic acids is 2. The van der Waals surface area contributed by atoms with Crippen LogP contribution in [0.4, 0.5) is 0 Å². The van der Waals surface area contributed by atoms with Crippen LogP contribution in [0.25, 0.3) is 0 Å². The number of carbonyl (C=O) groups is 2. The van der Waals surface area contributed by atoms with Crippen LogP contribution in [0.2, 0.25) is 0 Å². The van der Waals surface area contributed by atoms with Crippen molar-refractivity contribution in [3.05, 3.63) is 23.8 Å². The Labute approximate surface area is 161 Å². The van der Waals surface area contributed by atoms with Crippen LogP contribution in [-0.2, 0) is 4.79 Å². The fraction of sp³-hybridized carbons (Fsp3) is 0.619. The van der Waals surface area contributed by atoms with Crippen molar-refractivity contribution in [2.45, 2.75) is 38.5 Å². The van der Waals surface area contributed by atoms with Crippen molar-refractivity contribution in [2.24, 2.45) is 5.92 Å². The Bertz CT molecular complexity index is 640. The van der Waals surface area contributed by atoms with Gasteiger partial charge in [0.05, 0.1) is 14.2 Å². The van der Waals surface area contributed by atoms with Crippen molar-refractivity contribution in [2.75, 3.05) is 40.4 Å². The van der Waals surface area contributed by atoms with E-state index >= 15 is 0 Å². The van der Waals surface area contributed by atoms with Crippen molar-refractivity contribution in [1.82, 2.24) is 9.80 Å². The van der Waals surface area contributed by atoms with Crippen LogP contribution in [-0.4, -0.2) is 62.0 Å². The number of amides is 2. The molecule has 2 aliphatic rings. The fourth-order valence-electron chi connectivity index (χ4n) is 4.16. The van der Waals surface area contributed by atoms with Crippen LogP contribution in [0.5, 0.6) is 11.5 Å². The predicted molar refractivity (Wildman–Crippen MR) is 103 cm³/mol. The second-order valence-corrected chi connectivity index (χ2v) is 7.40. The van der Waals surface area contributed by atoms with Crippen molar-refractivity contribution < 1.29 is 19.1 Å². The Morgan fingerprint density at radius 1 is 0.963 bits per heavy atom. The second-order valence-electron chi connectivity index (χ2n) is 7.40. The maximum atomic E-state index is 13.0. The first kappa shape index (κ1) is 19.5. The molecule has 0 N–H and O–H groups in total. The zero-order chi connectivity index (χ0) is 19.2. The molecule has 2 amide bonds. The molecule has 1 saturated heterocycles. The maximum Gasteiger partial charge on any atom is 0.261 e. The summed E-state index contributed by atoms with van der Waals surface area (Å²) in [5.41, 5.74) is 0.448. The lowest BCUT2D eigenvalue weighted by Crippen LogP contribution is -2.50. The monoisotopic (exact) mass is 374 g/mol. The topological polar surface area (TPSA) is 59.1 Å². The minimum Gasteiger partial charge on any atom is -0.496 e. The molecule has 1 heterocycles. The van der Waals surface area contributed by atoms with Gasteiger partial charge in [-0.15, -0.1) is 0 Å². The van der Waals surface area contributed by atoms with Crippen LogP contribution >= 0.6 is 0 Å². The number of nitrogens with zero attached hydrogens (tertiary/aromatic N) is 2. The number of hydrogen-bond acceptors (Lipinski definition) is 4. The van der Waals surface area contributed by atoms with Gasteiger partial charge < -0.3 is 19.3 Å². The highest BCUT2D eigenvalue weighted by molar-refractivity contribution is 5.99. The quantitative estimate of drug-likeness (QED) is 0.768. The summed E-state index contributed by atoms with van der Waals surface area (Å²) < 4.78 is 10.7. The third-order valence-corrected chi connectivity index (χ3v) is 5.80. The predicted octanol–water partition coefficient (Wildman–Crippen LogP) is 2.96. The van der Waals surface area contributed by atoms with Gasteiger partial charge >= 0.3 is 0 Å². The summed E-state index contributed by atoms with van der Waals surface area (Å²) in [6.45, 7) is 2.25. The zero-order valence-corrected chi connectivity index (χ0v) is 16.4. The molecule has 27 heavy (non-hydrogen) atoms. The van der Waals surface area contributed by atoms with E-state index in [0.29, 0.717) is 49.7 Å². The summed E-state index contributed by atoms with van der Waals surface area (Å²) in [7, 11) is 3.10. The maximum absolute atomic E-state index is 13.0. The number of benzene rings is 1. The van der Waals surface area contributed by atoms with Gasteiger partial charge in [-0.05, 0) is 24.5 Å². The molecule has 2 fully saturated rings. The van der Waals surface area contributed by atoms with Gasteiger partial charge in [0, 0.05) is 32.6 Å². The lowest BCUT2D eigenvalue weighted by atomic mass is 10.0. The summed E-state index contributed by atoms with van der Waals surface area (Å²) in [4.78, 5) is 29.2. The number of methoxy groups -OCH3 is 2. The third kappa shape index (κ3) is 4.54. The van der Waals surface area contributed by atoms with Gasteiger partial charge in [-0.2, -0.15) is 0 Å². The molecule has 0 bridgehead atoms. The van der Waals surface area contributed by atoms with Crippen molar-refractivity contribution in [1.29, 1.82) is 0 Å². The van der Waals surface area contributed by atoms with Gasteiger partial charge in [0.25, 0.3) is 5.91 Å². The number of ether oxygens (including phenoxy) is 2. The lowest BCUT2D eigenvalue weighted by Gasteiger charge is -2.35. The normalized spacial score (nSPS) is 17.9. The van der Waals surface area contributed by atoms with Crippen molar-refractivity contribution in [3.63, 3.8) is 0 Å². The molecule has 0 radical (unpaired) electrons. The molecule has 1 aliphatic heterocycles. The molecule has 0 unspecified atom stereocenters. The average molecular weight is 374 g/mol. The zero-order valence-electron chi connectivity index (χ0n) is 16.4. The van der Waals surface area contributed by atoms with E-state index in [1.807, 2.05) is 4.90 Å². The summed E-state index contributed by atoms with van der Waals surface area (Å²) >= 11 is 0. The molecule has 1 saturated carbocycles. The van der Waals surface area contributed by atoms with E-state index in [9.17, 15) is 9.59 Å². The SMILES string of the molecule is COc1cccc(OC)c1C(=O)N1CCN(C(=O)CCC2CCCC2)CC1. The largest absolute Gasteiger partial charge is 0.496 e. The minimum absolute atomic E-state index is 0.109. The Morgan fingerprint density at radius 2 is 1.52 bits per heavy atom. The lowest BCUT2D eigenvalue weighted by molar-refractivity contribution is -0.133. The van der Waals surface area contributed by atoms with Crippen LogP contribution in [0.1, 0.15) is 48.9 Å². The van der Waals surface area contributed by atoms with Gasteiger partial charge in [-0.25, -0.2) is 0 Å². The Hall–Kier alpha value is -2.24. The van der Waals surface area contributed by atoms with E-state index < -0.39 is 0 Å². The smallest absolute Gasteiger partial charge is 0.261 e. The van der Waals surface area contributed by atoms with E-state index in [1.54, 1.807) is 37.3 Å². The van der Waals surface area contributed by atoms with E-state index in [4.69, 9.17) is 9.47 Å². The standard InChI is InChI=1S/C21H30N2O4/c1-26-17-8-5-9-18(27-2)20(17)21(25)23-14-12-22(13-15-23)19(24)11-10-16-6-3-4-7-16/h5,8-9,16H,3-4,6-7,10-15H2,1-2H3. The average Bonchev–Trinajstić information content (AvgIpc) is 3.24. The molecule has 1 aromatic rings. The van der Waals surface area contributed by atoms with E-state index in [-0.39, 0.29) is 11.8 Å². The number of hydrogen-bond donors (Lipinski definition) is 0. The molecule has 1 aliphatic carbocycles. The highest BCUT2D eigenvalue weighted by Gasteiger charge is 2.28. The highest BCUT2D eigenvalue weighted by Crippen LogP contribution is 2.30. The molecule has 6 nitrogen and oxygen atoms in total. The van der Waals surface area contributed by atoms with E-state index in [1.165, 1.54) is 25.7 Å². The summed E-state index contributed by atoms with van der Waals surface area (Å²) in [5.74, 6) is 1.87. The van der Waals surface area contributed by atoms with Crippen LogP contribution < -0.4 is 9.47 Å². The number of piperazine rings is 1. The van der Waals surface area contributed by atoms with Gasteiger partial charge in [0.15, 0.2) is 0 Å². The fourth-order valence-corrected chi connectivity index (χ4v) is 4.16. The second kappa shape index (κ2) is 9.11. The molecule has 148 valence electrons. The first-order chi connectivity index (χ1) is 13.1. The molecule has 0 atom stereocenters. The minimum atomic E-state index is -0.109. The Morgan fingerprint density at radius 3 is 2.07 bits per heavy atom. The van der Waals surface area contributed by atoms with Gasteiger partial charge in [-0.3, -0.25) is 9.59 Å². The molecule has 3 rings (SSSR count). The molecule has 6 heteroatoms. The first-order valence-electron chi connectivity index (χ1n) is 9.92. The van der Waals surface area contributed by atoms with Crippen molar-refractivity contribution >= 4 is 11.8 Å². The third-order valence-electron chi connectivity index (χ3n) is 5.80. The molecule has 0 aromatic heterocycles. The molecular formula is C21H30N2O4. The van der Waals surface area contributed by atoms with Crippen molar-refractivity contribution in [3.8, 4) is 11.5 Å². The Kier molecular flexibility index (Phi) is 6.58. The van der Waals surface area contributed by atoms with E-state index in [0.717, 1.165) is 12.3 Å². The highest BCUT2D eigenvalue weighted by atomic mass is 16.5. The molecule has 0 spiro atoms. The van der Waals surface area contributed by atoms with Crippen LogP contribution in [0, 0.1) is 5.92 Å². The van der Waals surface area contributed by atoms with Crippen LogP contribution in [0.3, 0.4) is 0 Å². The molecular weight excluding hydrogens is 344 g/mol. The summed E-state index contributed by atoms with van der Waals surface area (Å²) in [5, 5.41) is 0.